The molecule has 0 aliphatic heterocycles. The van der Waals surface area contributed by atoms with Gasteiger partial charge in [-0.3, -0.25) is 0 Å². The van der Waals surface area contributed by atoms with Crippen LogP contribution < -0.4 is 0 Å². The summed E-state index contributed by atoms with van der Waals surface area (Å²) in [7, 11) is 0. The SMILES string of the molecule is C1=CC(C(c2ccccc2)(c2ccccc2)c2ccccc2)C=CC1=C(c1ccccc1)c1ccccc1. The zero-order chi connectivity index (χ0) is 25.6. The number of benzene rings is 5. The summed E-state index contributed by atoms with van der Waals surface area (Å²) in [6.45, 7) is 0. The molecule has 0 aromatic heterocycles. The minimum absolute atomic E-state index is 0.131. The van der Waals surface area contributed by atoms with Gasteiger partial charge in [0, 0.05) is 5.92 Å². The Hall–Kier alpha value is -4.68. The van der Waals surface area contributed by atoms with E-state index in [1.165, 1.54) is 39.0 Å². The van der Waals surface area contributed by atoms with E-state index in [0.29, 0.717) is 0 Å². The van der Waals surface area contributed by atoms with Gasteiger partial charge in [-0.25, -0.2) is 0 Å². The van der Waals surface area contributed by atoms with Gasteiger partial charge in [0.05, 0.1) is 5.41 Å². The van der Waals surface area contributed by atoms with Crippen molar-refractivity contribution in [1.29, 1.82) is 0 Å². The van der Waals surface area contributed by atoms with Crippen molar-refractivity contribution in [2.24, 2.45) is 5.92 Å². The Morgan fingerprint density at radius 2 is 0.711 bits per heavy atom. The van der Waals surface area contributed by atoms with Crippen molar-refractivity contribution in [3.05, 3.63) is 209 Å². The topological polar surface area (TPSA) is 0 Å². The molecule has 1 aliphatic carbocycles. The van der Waals surface area contributed by atoms with Gasteiger partial charge in [-0.05, 0) is 39.0 Å². The Morgan fingerprint density at radius 1 is 0.395 bits per heavy atom. The first kappa shape index (κ1) is 23.7. The number of hydrogen-bond acceptors (Lipinski definition) is 0. The molecule has 0 bridgehead atoms. The van der Waals surface area contributed by atoms with E-state index in [0.717, 1.165) is 0 Å². The van der Waals surface area contributed by atoms with E-state index in [-0.39, 0.29) is 11.3 Å². The molecule has 182 valence electrons. The lowest BCUT2D eigenvalue weighted by atomic mass is 9.61. The largest absolute Gasteiger partial charge is 0.0754 e. The van der Waals surface area contributed by atoms with Crippen LogP contribution in [0.2, 0.25) is 0 Å². The zero-order valence-electron chi connectivity index (χ0n) is 21.3. The second kappa shape index (κ2) is 10.7. The lowest BCUT2D eigenvalue weighted by Crippen LogP contribution is -2.36. The smallest absolute Gasteiger partial charge is 0.0548 e. The molecule has 5 aromatic carbocycles. The summed E-state index contributed by atoms with van der Waals surface area (Å²) in [6, 6.07) is 54.3. The Labute approximate surface area is 226 Å². The van der Waals surface area contributed by atoms with E-state index in [4.69, 9.17) is 0 Å². The Kier molecular flexibility index (Phi) is 6.70. The van der Waals surface area contributed by atoms with Crippen LogP contribution in [0.4, 0.5) is 0 Å². The summed E-state index contributed by atoms with van der Waals surface area (Å²) in [5.41, 5.74) is 8.43. The third-order valence-electron chi connectivity index (χ3n) is 7.57. The Bertz CT molecular complexity index is 1410. The fourth-order valence-electron chi connectivity index (χ4n) is 5.88. The third-order valence-corrected chi connectivity index (χ3v) is 7.57. The molecule has 0 atom stereocenters. The van der Waals surface area contributed by atoms with E-state index in [2.05, 4.69) is 176 Å². The molecule has 6 rings (SSSR count). The summed E-state index contributed by atoms with van der Waals surface area (Å²) in [5.74, 6) is 0.131. The fourth-order valence-corrected chi connectivity index (χ4v) is 5.88. The molecule has 0 radical (unpaired) electrons. The maximum absolute atomic E-state index is 2.40. The summed E-state index contributed by atoms with van der Waals surface area (Å²) >= 11 is 0. The highest BCUT2D eigenvalue weighted by Crippen LogP contribution is 2.48. The van der Waals surface area contributed by atoms with Crippen molar-refractivity contribution in [2.45, 2.75) is 5.41 Å². The third kappa shape index (κ3) is 4.35. The van der Waals surface area contributed by atoms with Crippen molar-refractivity contribution < 1.29 is 0 Å². The Morgan fingerprint density at radius 3 is 1.05 bits per heavy atom. The maximum Gasteiger partial charge on any atom is 0.0548 e. The monoisotopic (exact) mass is 486 g/mol. The molecule has 5 aromatic rings. The highest BCUT2D eigenvalue weighted by molar-refractivity contribution is 5.85. The lowest BCUT2D eigenvalue weighted by molar-refractivity contribution is 0.522. The Balaban J connectivity index is 1.55. The molecule has 0 nitrogen and oxygen atoms in total. The molecule has 0 unspecified atom stereocenters. The summed E-state index contributed by atoms with van der Waals surface area (Å²) in [5, 5.41) is 0. The van der Waals surface area contributed by atoms with Crippen molar-refractivity contribution in [3.8, 4) is 0 Å². The van der Waals surface area contributed by atoms with Crippen molar-refractivity contribution in [3.63, 3.8) is 0 Å². The van der Waals surface area contributed by atoms with Crippen LogP contribution >= 0.6 is 0 Å². The molecule has 0 amide bonds. The molecule has 0 heteroatoms. The molecule has 0 fully saturated rings. The van der Waals surface area contributed by atoms with Gasteiger partial charge in [0.15, 0.2) is 0 Å². The second-order valence-electron chi connectivity index (χ2n) is 9.71. The molecular weight excluding hydrogens is 456 g/mol. The first-order valence-corrected chi connectivity index (χ1v) is 13.3. The van der Waals surface area contributed by atoms with Crippen LogP contribution in [0.1, 0.15) is 27.8 Å². The molecule has 0 N–H and O–H groups in total. The average molecular weight is 487 g/mol. The van der Waals surface area contributed by atoms with Crippen molar-refractivity contribution in [1.82, 2.24) is 0 Å². The fraction of sp³-hybridized carbons (Fsp3) is 0.0526. The predicted molar refractivity (Wildman–Crippen MR) is 160 cm³/mol. The predicted octanol–water partition coefficient (Wildman–Crippen LogP) is 9.27. The van der Waals surface area contributed by atoms with Crippen LogP contribution in [0, 0.1) is 5.92 Å². The molecule has 1 aliphatic rings. The first-order valence-electron chi connectivity index (χ1n) is 13.3. The molecule has 0 heterocycles. The van der Waals surface area contributed by atoms with E-state index in [1.807, 2.05) is 0 Å². The van der Waals surface area contributed by atoms with Crippen molar-refractivity contribution in [2.75, 3.05) is 0 Å². The number of rotatable bonds is 6. The van der Waals surface area contributed by atoms with Gasteiger partial charge in [0.25, 0.3) is 0 Å². The van der Waals surface area contributed by atoms with Gasteiger partial charge < -0.3 is 0 Å². The van der Waals surface area contributed by atoms with Crippen LogP contribution in [0.5, 0.6) is 0 Å². The van der Waals surface area contributed by atoms with Crippen LogP contribution in [0.3, 0.4) is 0 Å². The maximum atomic E-state index is 2.40. The summed E-state index contributed by atoms with van der Waals surface area (Å²) < 4.78 is 0. The van der Waals surface area contributed by atoms with Crippen LogP contribution in [0.25, 0.3) is 5.57 Å². The van der Waals surface area contributed by atoms with Crippen LogP contribution in [0.15, 0.2) is 182 Å². The van der Waals surface area contributed by atoms with Crippen molar-refractivity contribution >= 4 is 5.57 Å². The highest BCUT2D eigenvalue weighted by Gasteiger charge is 2.42. The van der Waals surface area contributed by atoms with E-state index in [1.54, 1.807) is 0 Å². The second-order valence-corrected chi connectivity index (χ2v) is 9.71. The zero-order valence-corrected chi connectivity index (χ0v) is 21.3. The lowest BCUT2D eigenvalue weighted by Gasteiger charge is -2.41. The van der Waals surface area contributed by atoms with E-state index in [9.17, 15) is 0 Å². The average Bonchev–Trinajstić information content (AvgIpc) is 3.01. The van der Waals surface area contributed by atoms with Gasteiger partial charge in [-0.15, -0.1) is 0 Å². The molecular formula is C38H30. The summed E-state index contributed by atoms with van der Waals surface area (Å²) in [4.78, 5) is 0. The van der Waals surface area contributed by atoms with Gasteiger partial charge >= 0.3 is 0 Å². The molecule has 0 saturated carbocycles. The first-order chi connectivity index (χ1) is 18.9. The van der Waals surface area contributed by atoms with Crippen LogP contribution in [-0.4, -0.2) is 0 Å². The van der Waals surface area contributed by atoms with Crippen LogP contribution in [-0.2, 0) is 5.41 Å². The van der Waals surface area contributed by atoms with Gasteiger partial charge in [-0.1, -0.05) is 176 Å². The van der Waals surface area contributed by atoms with E-state index < -0.39 is 0 Å². The minimum Gasteiger partial charge on any atom is -0.0754 e. The quantitative estimate of drug-likeness (QED) is 0.210. The van der Waals surface area contributed by atoms with E-state index >= 15 is 0 Å². The molecule has 38 heavy (non-hydrogen) atoms. The van der Waals surface area contributed by atoms with Gasteiger partial charge in [-0.2, -0.15) is 0 Å². The van der Waals surface area contributed by atoms with Gasteiger partial charge in [0.2, 0.25) is 0 Å². The summed E-state index contributed by atoms with van der Waals surface area (Å²) in [6.07, 6.45) is 9.44. The normalized spacial score (nSPS) is 14.8. The molecule has 0 spiro atoms. The minimum atomic E-state index is -0.359. The highest BCUT2D eigenvalue weighted by atomic mass is 14.4. The number of hydrogen-bond donors (Lipinski definition) is 0. The van der Waals surface area contributed by atoms with Gasteiger partial charge in [0.1, 0.15) is 0 Å². The number of allylic oxidation sites excluding steroid dienone is 5. The molecule has 0 saturated heterocycles. The standard InChI is InChI=1S/C38H30/c1-6-16-30(17-7-1)37(31-18-8-2-9-19-31)32-26-28-36(29-27-32)38(33-20-10-3-11-21-33,34-22-12-4-13-23-34)35-24-14-5-15-25-35/h1-29,36H.